The summed E-state index contributed by atoms with van der Waals surface area (Å²) >= 11 is 0. The van der Waals surface area contributed by atoms with Crippen LogP contribution in [-0.2, 0) is 5.41 Å². The highest BCUT2D eigenvalue weighted by atomic mass is 28.3. The standard InChI is InChI=1S/C61H42N2OSi/c1-4-21-43(22-5-1)61(44-39-40-50-49-29-10-17-36-57(49)64-58(50)41-44)51-30-11-13-32-53(51)62(54-33-14-12-31-52(54)61)45-23-20-24-46(42-45)63-55-34-15-18-37-59(55)65(47-25-6-2-7-26-47,48-27-8-3-9-28-48)60-38-19-16-35-56(60)63/h1-42H. The van der Waals surface area contributed by atoms with E-state index in [1.165, 1.54) is 48.8 Å². The van der Waals surface area contributed by atoms with Crippen molar-refractivity contribution in [3.8, 4) is 0 Å². The molecule has 0 bridgehead atoms. The van der Waals surface area contributed by atoms with Crippen LogP contribution in [0.2, 0.25) is 0 Å². The van der Waals surface area contributed by atoms with Crippen LogP contribution in [0.5, 0.6) is 0 Å². The average molecular weight is 847 g/mol. The Balaban J connectivity index is 1.03. The molecule has 1 aromatic heterocycles. The summed E-state index contributed by atoms with van der Waals surface area (Å²) in [5, 5.41) is 7.76. The zero-order valence-corrected chi connectivity index (χ0v) is 36.6. The molecule has 0 N–H and O–H groups in total. The number of furan rings is 1. The van der Waals surface area contributed by atoms with E-state index in [0.717, 1.165) is 50.3 Å². The second-order valence-electron chi connectivity index (χ2n) is 17.2. The molecule has 0 fully saturated rings. The van der Waals surface area contributed by atoms with Crippen LogP contribution in [0.4, 0.5) is 34.1 Å². The van der Waals surface area contributed by atoms with Crippen LogP contribution < -0.4 is 30.5 Å². The SMILES string of the molecule is c1ccc(C2(c3ccc4c(c3)oc3ccccc34)c3ccccc3N(c3cccc(N4c5ccccc5[Si](c5ccccc5)(c5ccccc5)c5ccccc54)c3)c3ccccc32)cc1. The molecule has 4 heteroatoms. The first-order valence-electron chi connectivity index (χ1n) is 22.4. The summed E-state index contributed by atoms with van der Waals surface area (Å²) in [5.74, 6) is 0. The van der Waals surface area contributed by atoms with Crippen molar-refractivity contribution < 1.29 is 4.42 Å². The first kappa shape index (κ1) is 37.4. The van der Waals surface area contributed by atoms with Gasteiger partial charge in [0, 0.05) is 33.5 Å². The Hall–Kier alpha value is -8.18. The fourth-order valence-corrected chi connectivity index (χ4v) is 16.5. The van der Waals surface area contributed by atoms with Crippen molar-refractivity contribution >= 4 is 84.9 Å². The third kappa shape index (κ3) is 5.35. The monoisotopic (exact) mass is 846 g/mol. The quantitative estimate of drug-likeness (QED) is 0.155. The van der Waals surface area contributed by atoms with Crippen molar-refractivity contribution in [2.45, 2.75) is 5.41 Å². The number of hydrogen-bond donors (Lipinski definition) is 0. The van der Waals surface area contributed by atoms with Crippen molar-refractivity contribution in [3.05, 3.63) is 277 Å². The molecule has 65 heavy (non-hydrogen) atoms. The second kappa shape index (κ2) is 14.7. The summed E-state index contributed by atoms with van der Waals surface area (Å²) in [7, 11) is -2.76. The van der Waals surface area contributed by atoms with E-state index in [0.29, 0.717) is 0 Å². The predicted octanol–water partition coefficient (Wildman–Crippen LogP) is 12.9. The first-order valence-corrected chi connectivity index (χ1v) is 24.4. The molecule has 0 unspecified atom stereocenters. The number of hydrogen-bond acceptors (Lipinski definition) is 3. The number of rotatable bonds is 6. The topological polar surface area (TPSA) is 19.6 Å². The number of para-hydroxylation sites is 5. The Morgan fingerprint density at radius 1 is 0.323 bits per heavy atom. The number of anilines is 6. The van der Waals surface area contributed by atoms with Gasteiger partial charge in [0.1, 0.15) is 11.2 Å². The number of nitrogens with zero attached hydrogens (tertiary/aromatic N) is 2. The molecular weight excluding hydrogens is 805 g/mol. The third-order valence-corrected chi connectivity index (χ3v) is 18.8. The highest BCUT2D eigenvalue weighted by Gasteiger charge is 2.49. The van der Waals surface area contributed by atoms with Crippen LogP contribution in [0.15, 0.2) is 259 Å². The van der Waals surface area contributed by atoms with Crippen LogP contribution >= 0.6 is 0 Å². The van der Waals surface area contributed by atoms with Gasteiger partial charge in [0.05, 0.1) is 16.8 Å². The van der Waals surface area contributed by atoms with Gasteiger partial charge < -0.3 is 14.2 Å². The van der Waals surface area contributed by atoms with Gasteiger partial charge in [0.15, 0.2) is 8.07 Å². The van der Waals surface area contributed by atoms with Crippen LogP contribution in [0.3, 0.4) is 0 Å². The Bertz CT molecular complexity index is 3450. The molecule has 0 amide bonds. The minimum Gasteiger partial charge on any atom is -0.456 e. The van der Waals surface area contributed by atoms with Gasteiger partial charge in [-0.25, -0.2) is 0 Å². The summed E-state index contributed by atoms with van der Waals surface area (Å²) in [6.45, 7) is 0. The lowest BCUT2D eigenvalue weighted by molar-refractivity contribution is 0.664. The van der Waals surface area contributed by atoms with Crippen molar-refractivity contribution in [2.24, 2.45) is 0 Å². The van der Waals surface area contributed by atoms with E-state index < -0.39 is 13.5 Å². The van der Waals surface area contributed by atoms with Crippen molar-refractivity contribution in [1.82, 2.24) is 0 Å². The van der Waals surface area contributed by atoms with E-state index in [1.54, 1.807) is 0 Å². The molecule has 3 nitrogen and oxygen atoms in total. The van der Waals surface area contributed by atoms with Gasteiger partial charge in [0.25, 0.3) is 0 Å². The minimum absolute atomic E-state index is 0.649. The number of fused-ring (bicyclic) bond motifs is 7. The Morgan fingerprint density at radius 3 is 1.38 bits per heavy atom. The van der Waals surface area contributed by atoms with E-state index in [2.05, 4.69) is 259 Å². The molecule has 10 aromatic carbocycles. The summed E-state index contributed by atoms with van der Waals surface area (Å²) in [4.78, 5) is 4.98. The van der Waals surface area contributed by atoms with Gasteiger partial charge in [0.2, 0.25) is 0 Å². The van der Waals surface area contributed by atoms with E-state index >= 15 is 0 Å². The molecule has 2 aliphatic rings. The van der Waals surface area contributed by atoms with E-state index in [-0.39, 0.29) is 0 Å². The highest BCUT2D eigenvalue weighted by molar-refractivity contribution is 7.21. The van der Waals surface area contributed by atoms with E-state index in [9.17, 15) is 0 Å². The smallest absolute Gasteiger partial charge is 0.184 e. The fraction of sp³-hybridized carbons (Fsp3) is 0.0164. The zero-order valence-electron chi connectivity index (χ0n) is 35.6. The molecule has 306 valence electrons. The maximum atomic E-state index is 6.60. The molecule has 0 saturated carbocycles. The molecule has 0 atom stereocenters. The lowest BCUT2D eigenvalue weighted by atomic mass is 9.62. The summed E-state index contributed by atoms with van der Waals surface area (Å²) in [6.07, 6.45) is 0. The summed E-state index contributed by atoms with van der Waals surface area (Å²) < 4.78 is 6.60. The summed E-state index contributed by atoms with van der Waals surface area (Å²) in [5.41, 5.74) is 12.8. The zero-order chi connectivity index (χ0) is 43.0. The maximum Gasteiger partial charge on any atom is 0.184 e. The van der Waals surface area contributed by atoms with Gasteiger partial charge in [-0.15, -0.1) is 0 Å². The van der Waals surface area contributed by atoms with Gasteiger partial charge in [-0.05, 0) is 97.6 Å². The minimum atomic E-state index is -2.76. The molecule has 0 radical (unpaired) electrons. The van der Waals surface area contributed by atoms with E-state index in [4.69, 9.17) is 4.42 Å². The molecular formula is C61H42N2OSi. The van der Waals surface area contributed by atoms with Crippen molar-refractivity contribution in [1.29, 1.82) is 0 Å². The normalized spacial score (nSPS) is 14.3. The van der Waals surface area contributed by atoms with Gasteiger partial charge >= 0.3 is 0 Å². The molecule has 0 aliphatic carbocycles. The predicted molar refractivity (Wildman–Crippen MR) is 272 cm³/mol. The van der Waals surface area contributed by atoms with Crippen LogP contribution in [0.1, 0.15) is 22.3 Å². The molecule has 2 aliphatic heterocycles. The van der Waals surface area contributed by atoms with Crippen molar-refractivity contribution in [2.75, 3.05) is 9.80 Å². The fourth-order valence-electron chi connectivity index (χ4n) is 11.4. The average Bonchev–Trinajstić information content (AvgIpc) is 3.76. The largest absolute Gasteiger partial charge is 0.456 e. The maximum absolute atomic E-state index is 6.60. The van der Waals surface area contributed by atoms with Crippen LogP contribution in [-0.4, -0.2) is 8.07 Å². The Morgan fingerprint density at radius 2 is 0.785 bits per heavy atom. The summed E-state index contributed by atoms with van der Waals surface area (Å²) in [6, 6.07) is 94.0. The molecule has 0 saturated heterocycles. The van der Waals surface area contributed by atoms with Gasteiger partial charge in [-0.1, -0.05) is 200 Å². The number of benzene rings is 10. The Kier molecular flexibility index (Phi) is 8.45. The van der Waals surface area contributed by atoms with Crippen molar-refractivity contribution in [3.63, 3.8) is 0 Å². The molecule has 0 spiro atoms. The van der Waals surface area contributed by atoms with E-state index in [1.807, 2.05) is 6.07 Å². The lowest BCUT2D eigenvalue weighted by Gasteiger charge is -2.47. The second-order valence-corrected chi connectivity index (χ2v) is 20.9. The van der Waals surface area contributed by atoms with Gasteiger partial charge in [-0.2, -0.15) is 0 Å². The third-order valence-electron chi connectivity index (χ3n) is 14.0. The Labute approximate surface area is 379 Å². The lowest BCUT2D eigenvalue weighted by Crippen LogP contribution is -2.77. The molecule has 11 aromatic rings. The first-order chi connectivity index (χ1) is 32.3. The molecule has 13 rings (SSSR count). The highest BCUT2D eigenvalue weighted by Crippen LogP contribution is 2.58. The van der Waals surface area contributed by atoms with Crippen LogP contribution in [0, 0.1) is 0 Å². The van der Waals surface area contributed by atoms with Crippen LogP contribution in [0.25, 0.3) is 21.9 Å². The van der Waals surface area contributed by atoms with Gasteiger partial charge in [-0.3, -0.25) is 0 Å². The molecule has 3 heterocycles.